The van der Waals surface area contributed by atoms with Crippen molar-refractivity contribution in [3.63, 3.8) is 0 Å². The lowest BCUT2D eigenvalue weighted by Gasteiger charge is -2.21. The second kappa shape index (κ2) is 10.4. The van der Waals surface area contributed by atoms with Gasteiger partial charge in [-0.3, -0.25) is 0 Å². The molecular formula is C17H26IN3OS2. The first-order valence-electron chi connectivity index (χ1n) is 7.83. The van der Waals surface area contributed by atoms with Gasteiger partial charge in [-0.15, -0.1) is 35.3 Å². The molecule has 24 heavy (non-hydrogen) atoms. The summed E-state index contributed by atoms with van der Waals surface area (Å²) in [5.74, 6) is 1.16. The van der Waals surface area contributed by atoms with E-state index in [0.717, 1.165) is 23.9 Å². The van der Waals surface area contributed by atoms with E-state index in [4.69, 9.17) is 0 Å². The third-order valence-corrected chi connectivity index (χ3v) is 5.45. The first-order chi connectivity index (χ1) is 11.0. The minimum absolute atomic E-state index is 0. The number of rotatable bonds is 7. The Balaban J connectivity index is 0.00000288. The first kappa shape index (κ1) is 21.4. The van der Waals surface area contributed by atoms with Crippen molar-refractivity contribution >= 4 is 52.6 Å². The zero-order chi connectivity index (χ0) is 16.7. The maximum atomic E-state index is 10.6. The summed E-state index contributed by atoms with van der Waals surface area (Å²) in [6.45, 7) is 7.97. The quantitative estimate of drug-likeness (QED) is 0.320. The van der Waals surface area contributed by atoms with Crippen molar-refractivity contribution in [1.29, 1.82) is 0 Å². The number of aliphatic imine (C=N–C) groups is 1. The summed E-state index contributed by atoms with van der Waals surface area (Å²) < 4.78 is 0. The maximum Gasteiger partial charge on any atom is 0.191 e. The zero-order valence-electron chi connectivity index (χ0n) is 14.3. The highest BCUT2D eigenvalue weighted by molar-refractivity contribution is 14.0. The summed E-state index contributed by atoms with van der Waals surface area (Å²) in [6, 6.07) is 6.05. The van der Waals surface area contributed by atoms with Crippen LogP contribution in [-0.4, -0.2) is 30.7 Å². The Bertz CT molecular complexity index is 597. The van der Waals surface area contributed by atoms with Crippen molar-refractivity contribution in [3.05, 3.63) is 44.8 Å². The molecule has 0 bridgehead atoms. The summed E-state index contributed by atoms with van der Waals surface area (Å²) in [4.78, 5) is 5.48. The van der Waals surface area contributed by atoms with Gasteiger partial charge in [-0.05, 0) is 53.6 Å². The van der Waals surface area contributed by atoms with E-state index in [-0.39, 0.29) is 24.0 Å². The average molecular weight is 479 g/mol. The number of hydrogen-bond donors (Lipinski definition) is 3. The van der Waals surface area contributed by atoms with Crippen molar-refractivity contribution < 1.29 is 5.11 Å². The van der Waals surface area contributed by atoms with Gasteiger partial charge in [-0.1, -0.05) is 13.0 Å². The van der Waals surface area contributed by atoms with Gasteiger partial charge in [0.25, 0.3) is 0 Å². The van der Waals surface area contributed by atoms with Gasteiger partial charge in [0.2, 0.25) is 0 Å². The van der Waals surface area contributed by atoms with Crippen LogP contribution in [0.15, 0.2) is 39.3 Å². The molecule has 0 aliphatic carbocycles. The predicted octanol–water partition coefficient (Wildman–Crippen LogP) is 3.99. The largest absolute Gasteiger partial charge is 0.383 e. The van der Waals surface area contributed by atoms with Crippen molar-refractivity contribution in [3.8, 4) is 0 Å². The molecule has 0 aromatic carbocycles. The molecule has 2 aromatic heterocycles. The smallest absolute Gasteiger partial charge is 0.191 e. The van der Waals surface area contributed by atoms with Crippen LogP contribution in [0, 0.1) is 0 Å². The molecule has 7 heteroatoms. The van der Waals surface area contributed by atoms with Crippen LogP contribution in [0.2, 0.25) is 0 Å². The third kappa shape index (κ3) is 6.34. The first-order valence-corrected chi connectivity index (χ1v) is 9.66. The number of guanidine groups is 1. The van der Waals surface area contributed by atoms with Gasteiger partial charge in [-0.25, -0.2) is 4.99 Å². The molecule has 2 rings (SSSR count). The van der Waals surface area contributed by atoms with E-state index >= 15 is 0 Å². The Morgan fingerprint density at radius 1 is 1.33 bits per heavy atom. The molecule has 0 saturated heterocycles. The molecule has 0 aliphatic rings. The van der Waals surface area contributed by atoms with Gasteiger partial charge in [0.15, 0.2) is 5.96 Å². The summed E-state index contributed by atoms with van der Waals surface area (Å²) in [7, 11) is 0. The van der Waals surface area contributed by atoms with Gasteiger partial charge in [0.1, 0.15) is 5.60 Å². The van der Waals surface area contributed by atoms with Crippen LogP contribution in [0.4, 0.5) is 0 Å². The molecule has 0 spiro atoms. The van der Waals surface area contributed by atoms with Crippen LogP contribution in [0.3, 0.4) is 0 Å². The fourth-order valence-corrected chi connectivity index (χ4v) is 3.72. The van der Waals surface area contributed by atoms with Crippen LogP contribution in [0.1, 0.15) is 37.1 Å². The van der Waals surface area contributed by atoms with Crippen molar-refractivity contribution in [2.45, 2.75) is 32.3 Å². The summed E-state index contributed by atoms with van der Waals surface area (Å²) in [5.41, 5.74) is 0.402. The molecule has 2 aromatic rings. The Morgan fingerprint density at radius 3 is 2.71 bits per heavy atom. The van der Waals surface area contributed by atoms with E-state index in [0.29, 0.717) is 12.5 Å². The molecule has 3 N–H and O–H groups in total. The van der Waals surface area contributed by atoms with Crippen LogP contribution >= 0.6 is 46.7 Å². The highest BCUT2D eigenvalue weighted by Gasteiger charge is 2.24. The molecule has 0 aliphatic heterocycles. The second-order valence-electron chi connectivity index (χ2n) is 5.78. The number of nitrogens with zero attached hydrogens (tertiary/aromatic N) is 1. The summed E-state index contributed by atoms with van der Waals surface area (Å²) in [6.07, 6.45) is 0. The van der Waals surface area contributed by atoms with Crippen LogP contribution in [0.25, 0.3) is 0 Å². The van der Waals surface area contributed by atoms with Gasteiger partial charge in [0.05, 0.1) is 6.54 Å². The molecule has 4 nitrogen and oxygen atoms in total. The molecule has 2 heterocycles. The number of hydrogen-bond acceptors (Lipinski definition) is 4. The number of thiophene rings is 2. The lowest BCUT2D eigenvalue weighted by atomic mass is 10.1. The summed E-state index contributed by atoms with van der Waals surface area (Å²) >= 11 is 3.27. The Labute approximate surface area is 169 Å². The second-order valence-corrected chi connectivity index (χ2v) is 7.51. The normalized spacial score (nSPS) is 15.2. The molecule has 134 valence electrons. The molecular weight excluding hydrogens is 453 g/mol. The van der Waals surface area contributed by atoms with Crippen LogP contribution < -0.4 is 10.6 Å². The highest BCUT2D eigenvalue weighted by Crippen LogP contribution is 2.25. The number of aliphatic hydroxyl groups is 1. The Hall–Kier alpha value is -0.640. The fourth-order valence-electron chi connectivity index (χ4n) is 2.16. The van der Waals surface area contributed by atoms with E-state index in [1.165, 1.54) is 5.56 Å². The number of nitrogens with one attached hydrogen (secondary N) is 2. The van der Waals surface area contributed by atoms with Gasteiger partial charge < -0.3 is 15.7 Å². The van der Waals surface area contributed by atoms with Gasteiger partial charge in [0, 0.05) is 18.0 Å². The molecule has 0 fully saturated rings. The van der Waals surface area contributed by atoms with E-state index in [2.05, 4.69) is 39.4 Å². The van der Waals surface area contributed by atoms with E-state index in [1.807, 2.05) is 24.4 Å². The lowest BCUT2D eigenvalue weighted by molar-refractivity contribution is 0.0711. The monoisotopic (exact) mass is 479 g/mol. The minimum atomic E-state index is -0.935. The molecule has 0 saturated carbocycles. The number of halogens is 1. The van der Waals surface area contributed by atoms with Gasteiger partial charge in [-0.2, -0.15) is 11.3 Å². The lowest BCUT2D eigenvalue weighted by Crippen LogP contribution is -2.40. The molecule has 2 unspecified atom stereocenters. The third-order valence-electron chi connectivity index (χ3n) is 3.63. The predicted molar refractivity (Wildman–Crippen MR) is 116 cm³/mol. The SMILES string of the molecule is CCNC(=NCC(C)(O)c1cccs1)NCC(C)c1ccsc1.I. The fraction of sp³-hybridized carbons (Fsp3) is 0.471. The Morgan fingerprint density at radius 2 is 2.12 bits per heavy atom. The molecule has 2 atom stereocenters. The standard InChI is InChI=1S/C17H25N3OS2.HI/c1-4-18-16(19-10-13(2)14-7-9-22-11-14)20-12-17(3,21)15-6-5-8-23-15;/h5-9,11,13,21H,4,10,12H2,1-3H3,(H2,18,19,20);1H. The molecule has 0 amide bonds. The van der Waals surface area contributed by atoms with E-state index in [9.17, 15) is 5.11 Å². The van der Waals surface area contributed by atoms with E-state index < -0.39 is 5.60 Å². The van der Waals surface area contributed by atoms with Crippen molar-refractivity contribution in [1.82, 2.24) is 10.6 Å². The highest BCUT2D eigenvalue weighted by atomic mass is 127. The van der Waals surface area contributed by atoms with E-state index in [1.54, 1.807) is 29.6 Å². The maximum absolute atomic E-state index is 10.6. The van der Waals surface area contributed by atoms with Crippen molar-refractivity contribution in [2.24, 2.45) is 4.99 Å². The van der Waals surface area contributed by atoms with Crippen molar-refractivity contribution in [2.75, 3.05) is 19.6 Å². The zero-order valence-corrected chi connectivity index (χ0v) is 18.2. The van der Waals surface area contributed by atoms with Crippen LogP contribution in [-0.2, 0) is 5.60 Å². The van der Waals surface area contributed by atoms with Crippen LogP contribution in [0.5, 0.6) is 0 Å². The summed E-state index contributed by atoms with van der Waals surface area (Å²) in [5, 5.41) is 23.4. The average Bonchev–Trinajstić information content (AvgIpc) is 3.23. The van der Waals surface area contributed by atoms with Gasteiger partial charge >= 0.3 is 0 Å². The minimum Gasteiger partial charge on any atom is -0.383 e. The topological polar surface area (TPSA) is 56.7 Å². The molecule has 0 radical (unpaired) electrons. The Kier molecular flexibility index (Phi) is 9.25.